The van der Waals surface area contributed by atoms with E-state index in [1.54, 1.807) is 10.7 Å². The van der Waals surface area contributed by atoms with Gasteiger partial charge in [-0.25, -0.2) is 9.50 Å². The first-order valence-corrected chi connectivity index (χ1v) is 11.1. The number of aromatic amines is 1. The second-order valence-corrected chi connectivity index (χ2v) is 9.27. The maximum atomic E-state index is 12.9. The Labute approximate surface area is 192 Å². The third-order valence-electron chi connectivity index (χ3n) is 5.59. The van der Waals surface area contributed by atoms with Gasteiger partial charge in [0.1, 0.15) is 0 Å². The van der Waals surface area contributed by atoms with Crippen molar-refractivity contribution in [2.45, 2.75) is 46.0 Å². The molecular formula is C25H30N6O2. The zero-order valence-corrected chi connectivity index (χ0v) is 19.5. The average molecular weight is 447 g/mol. The topological polar surface area (TPSA) is 108 Å². The number of fused-ring (bicyclic) bond motifs is 1. The predicted octanol–water partition coefficient (Wildman–Crippen LogP) is 3.47. The summed E-state index contributed by atoms with van der Waals surface area (Å²) < 4.78 is 1.59. The number of hydrogen-bond acceptors (Lipinski definition) is 6. The second-order valence-electron chi connectivity index (χ2n) is 9.27. The largest absolute Gasteiger partial charge is 0.396 e. The number of aliphatic hydroxyl groups is 1. The molecule has 0 fully saturated rings. The monoisotopic (exact) mass is 446 g/mol. The molecule has 0 bridgehead atoms. The SMILES string of the molecule is Cc1ccc(Cc2c(=O)[nH]n3c(NCCCO)nc(-c4ccc(C(C)(C)C)cc4)nc23)cn1. The summed E-state index contributed by atoms with van der Waals surface area (Å²) in [5, 5.41) is 15.2. The molecule has 0 atom stereocenters. The van der Waals surface area contributed by atoms with Crippen LogP contribution < -0.4 is 10.9 Å². The van der Waals surface area contributed by atoms with Crippen LogP contribution in [0.3, 0.4) is 0 Å². The summed E-state index contributed by atoms with van der Waals surface area (Å²) in [4.78, 5) is 26.7. The van der Waals surface area contributed by atoms with Crippen LogP contribution in [0.4, 0.5) is 5.95 Å². The minimum atomic E-state index is -0.213. The van der Waals surface area contributed by atoms with Gasteiger partial charge < -0.3 is 10.4 Å². The summed E-state index contributed by atoms with van der Waals surface area (Å²) in [7, 11) is 0. The van der Waals surface area contributed by atoms with Crippen molar-refractivity contribution in [3.63, 3.8) is 0 Å². The number of benzene rings is 1. The van der Waals surface area contributed by atoms with Gasteiger partial charge in [0.15, 0.2) is 11.5 Å². The van der Waals surface area contributed by atoms with Gasteiger partial charge in [-0.1, -0.05) is 51.1 Å². The average Bonchev–Trinajstić information content (AvgIpc) is 3.10. The molecule has 3 aromatic heterocycles. The molecule has 4 aromatic rings. The molecule has 0 aliphatic heterocycles. The number of nitrogens with one attached hydrogen (secondary N) is 2. The number of nitrogens with zero attached hydrogens (tertiary/aromatic N) is 4. The van der Waals surface area contributed by atoms with Crippen molar-refractivity contribution < 1.29 is 5.11 Å². The van der Waals surface area contributed by atoms with Gasteiger partial charge in [0.2, 0.25) is 5.95 Å². The van der Waals surface area contributed by atoms with E-state index in [-0.39, 0.29) is 17.6 Å². The Morgan fingerprint density at radius 3 is 2.48 bits per heavy atom. The lowest BCUT2D eigenvalue weighted by molar-refractivity contribution is 0.292. The van der Waals surface area contributed by atoms with Crippen LogP contribution in [0.1, 0.15) is 49.6 Å². The van der Waals surface area contributed by atoms with Crippen LogP contribution in [-0.2, 0) is 11.8 Å². The van der Waals surface area contributed by atoms with Gasteiger partial charge in [0.05, 0.1) is 5.56 Å². The number of anilines is 1. The van der Waals surface area contributed by atoms with Crippen LogP contribution in [0, 0.1) is 6.92 Å². The molecule has 8 heteroatoms. The number of rotatable bonds is 7. The van der Waals surface area contributed by atoms with E-state index in [0.717, 1.165) is 16.8 Å². The molecule has 0 spiro atoms. The summed E-state index contributed by atoms with van der Waals surface area (Å²) in [5.41, 5.74) is 4.86. The fourth-order valence-corrected chi connectivity index (χ4v) is 3.62. The molecule has 0 radical (unpaired) electrons. The van der Waals surface area contributed by atoms with Gasteiger partial charge in [0.25, 0.3) is 5.56 Å². The summed E-state index contributed by atoms with van der Waals surface area (Å²) in [6.45, 7) is 9.03. The number of aryl methyl sites for hydroxylation is 1. The molecule has 0 aliphatic carbocycles. The van der Waals surface area contributed by atoms with Crippen molar-refractivity contribution in [3.8, 4) is 11.4 Å². The van der Waals surface area contributed by atoms with E-state index in [1.807, 2.05) is 31.2 Å². The lowest BCUT2D eigenvalue weighted by atomic mass is 9.87. The highest BCUT2D eigenvalue weighted by Gasteiger charge is 2.18. The van der Waals surface area contributed by atoms with E-state index < -0.39 is 0 Å². The van der Waals surface area contributed by atoms with Gasteiger partial charge in [-0.3, -0.25) is 14.9 Å². The van der Waals surface area contributed by atoms with Crippen molar-refractivity contribution in [2.75, 3.05) is 18.5 Å². The van der Waals surface area contributed by atoms with Gasteiger partial charge >= 0.3 is 0 Å². The van der Waals surface area contributed by atoms with Crippen molar-refractivity contribution >= 4 is 11.6 Å². The molecule has 33 heavy (non-hydrogen) atoms. The summed E-state index contributed by atoms with van der Waals surface area (Å²) in [6.07, 6.45) is 2.76. The Balaban J connectivity index is 1.81. The Kier molecular flexibility index (Phi) is 6.29. The zero-order valence-electron chi connectivity index (χ0n) is 19.5. The Morgan fingerprint density at radius 2 is 1.85 bits per heavy atom. The second kappa shape index (κ2) is 9.15. The molecule has 0 aliphatic rings. The minimum Gasteiger partial charge on any atom is -0.396 e. The fourth-order valence-electron chi connectivity index (χ4n) is 3.62. The third kappa shape index (κ3) is 4.96. The van der Waals surface area contributed by atoms with E-state index in [2.05, 4.69) is 53.3 Å². The number of H-pyrrole nitrogens is 1. The van der Waals surface area contributed by atoms with Crippen molar-refractivity contribution in [1.29, 1.82) is 0 Å². The molecule has 0 saturated heterocycles. The van der Waals surface area contributed by atoms with Crippen LogP contribution in [0.5, 0.6) is 0 Å². The summed E-state index contributed by atoms with van der Waals surface area (Å²) in [5.74, 6) is 1.01. The molecule has 1 aromatic carbocycles. The maximum absolute atomic E-state index is 12.9. The summed E-state index contributed by atoms with van der Waals surface area (Å²) >= 11 is 0. The molecule has 3 heterocycles. The lowest BCUT2D eigenvalue weighted by Crippen LogP contribution is -2.13. The Morgan fingerprint density at radius 1 is 1.09 bits per heavy atom. The van der Waals surface area contributed by atoms with Crippen LogP contribution >= 0.6 is 0 Å². The van der Waals surface area contributed by atoms with Gasteiger partial charge in [-0.15, -0.1) is 0 Å². The van der Waals surface area contributed by atoms with Crippen LogP contribution in [-0.4, -0.2) is 42.8 Å². The molecular weight excluding hydrogens is 416 g/mol. The summed E-state index contributed by atoms with van der Waals surface area (Å²) in [6, 6.07) is 12.1. The van der Waals surface area contributed by atoms with Crippen LogP contribution in [0.15, 0.2) is 47.4 Å². The highest BCUT2D eigenvalue weighted by molar-refractivity contribution is 5.63. The van der Waals surface area contributed by atoms with E-state index in [0.29, 0.717) is 42.4 Å². The minimum absolute atomic E-state index is 0.0452. The van der Waals surface area contributed by atoms with Crippen molar-refractivity contribution in [1.82, 2.24) is 24.6 Å². The van der Waals surface area contributed by atoms with Crippen molar-refractivity contribution in [2.24, 2.45) is 0 Å². The highest BCUT2D eigenvalue weighted by atomic mass is 16.3. The number of aliphatic hydroxyl groups excluding tert-OH is 1. The number of aromatic nitrogens is 5. The Bertz CT molecular complexity index is 1300. The molecule has 0 amide bonds. The normalized spacial score (nSPS) is 11.8. The lowest BCUT2D eigenvalue weighted by Gasteiger charge is -2.19. The molecule has 0 saturated carbocycles. The quantitative estimate of drug-likeness (QED) is 0.375. The molecule has 4 rings (SSSR count). The van der Waals surface area contributed by atoms with Gasteiger partial charge in [-0.2, -0.15) is 4.98 Å². The fraction of sp³-hybridized carbons (Fsp3) is 0.360. The van der Waals surface area contributed by atoms with E-state index >= 15 is 0 Å². The highest BCUT2D eigenvalue weighted by Crippen LogP contribution is 2.26. The first kappa shape index (κ1) is 22.7. The predicted molar refractivity (Wildman–Crippen MR) is 130 cm³/mol. The standard InChI is InChI=1S/C25H30N6O2/c1-16-6-7-17(15-27-16)14-20-22-28-21(18-8-10-19(11-9-18)25(2,3)4)29-24(26-12-5-13-32)31(22)30-23(20)33/h6-11,15,32H,5,12-14H2,1-4H3,(H,30,33)(H,26,28,29). The molecule has 172 valence electrons. The van der Waals surface area contributed by atoms with Gasteiger partial charge in [0, 0.05) is 37.0 Å². The molecule has 3 N–H and O–H groups in total. The number of hydrogen-bond donors (Lipinski definition) is 3. The Hall–Kier alpha value is -3.52. The van der Waals surface area contributed by atoms with E-state index in [4.69, 9.17) is 4.98 Å². The van der Waals surface area contributed by atoms with E-state index in [9.17, 15) is 9.90 Å². The first-order chi connectivity index (χ1) is 15.8. The third-order valence-corrected chi connectivity index (χ3v) is 5.59. The van der Waals surface area contributed by atoms with Crippen LogP contribution in [0.25, 0.3) is 17.0 Å². The molecule has 8 nitrogen and oxygen atoms in total. The van der Waals surface area contributed by atoms with Crippen molar-refractivity contribution in [3.05, 3.63) is 75.3 Å². The maximum Gasteiger partial charge on any atom is 0.270 e. The zero-order chi connectivity index (χ0) is 23.6. The smallest absolute Gasteiger partial charge is 0.270 e. The van der Waals surface area contributed by atoms with Crippen LogP contribution in [0.2, 0.25) is 0 Å². The number of pyridine rings is 1. The van der Waals surface area contributed by atoms with E-state index in [1.165, 1.54) is 5.56 Å². The first-order valence-electron chi connectivity index (χ1n) is 11.1. The molecule has 0 unspecified atom stereocenters. The van der Waals surface area contributed by atoms with Gasteiger partial charge in [-0.05, 0) is 36.0 Å².